The number of hydrogen-bond acceptors (Lipinski definition) is 9. The molecule has 11 nitrogen and oxygen atoms in total. The molecule has 0 atom stereocenters. The summed E-state index contributed by atoms with van der Waals surface area (Å²) in [6.45, 7) is 6.62. The highest BCUT2D eigenvalue weighted by Crippen LogP contribution is 2.32. The second-order valence-corrected chi connectivity index (χ2v) is 11.6. The molecule has 1 amide bonds. The Morgan fingerprint density at radius 2 is 1.73 bits per heavy atom. The van der Waals surface area contributed by atoms with Gasteiger partial charge in [-0.3, -0.25) is 4.79 Å². The fraction of sp³-hybridized carbons (Fsp3) is 0.269. The number of nitrogens with one attached hydrogen (secondary N) is 2. The molecule has 0 saturated carbocycles. The fourth-order valence-electron chi connectivity index (χ4n) is 3.81. The lowest BCUT2D eigenvalue weighted by Crippen LogP contribution is -2.36. The Morgan fingerprint density at radius 1 is 1.05 bits per heavy atom. The molecule has 4 rings (SSSR count). The molecular weight excluding hydrogens is 563 g/mol. The lowest BCUT2D eigenvalue weighted by Gasteiger charge is -2.15. The molecule has 3 heterocycles. The second kappa shape index (κ2) is 11.2. The minimum Gasteiger partial charge on any atom is -0.480 e. The molecule has 3 aromatic heterocycles. The van der Waals surface area contributed by atoms with Crippen LogP contribution in [0.2, 0.25) is 0 Å². The quantitative estimate of drug-likeness (QED) is 0.302. The summed E-state index contributed by atoms with van der Waals surface area (Å²) in [6, 6.07) is 7.75. The molecule has 0 unspecified atom stereocenters. The topological polar surface area (TPSA) is 141 Å². The number of ether oxygens (including phenoxy) is 1. The van der Waals surface area contributed by atoms with E-state index in [1.807, 2.05) is 36.8 Å². The van der Waals surface area contributed by atoms with Gasteiger partial charge in [0.1, 0.15) is 5.56 Å². The average molecular weight is 590 g/mol. The number of carbonyl (C=O) groups is 1. The normalized spacial score (nSPS) is 11.9. The maximum atomic E-state index is 13.4. The van der Waals surface area contributed by atoms with Crippen LogP contribution in [0.25, 0.3) is 16.9 Å². The standard InChI is InChI=1S/C26H26F3N7O4S/c1-14(2)41(38,39)35-23(37)19-11-17(12-30-24(19)40-5)20-13-31-25(32-18-9-15(3)8-16(4)10-18)33-22(20)36-7-6-21(34-36)26(27,28)29/h6-14H,1-5H3,(H,35,37)(H,31,32,33). The number of benzene rings is 1. The zero-order valence-corrected chi connectivity index (χ0v) is 23.4. The van der Waals surface area contributed by atoms with Gasteiger partial charge in [0.2, 0.25) is 21.9 Å². The summed E-state index contributed by atoms with van der Waals surface area (Å²) in [5.41, 5.74) is 1.58. The Balaban J connectivity index is 1.84. The number of halogens is 3. The van der Waals surface area contributed by atoms with Gasteiger partial charge in [-0.1, -0.05) is 6.07 Å². The molecule has 41 heavy (non-hydrogen) atoms. The smallest absolute Gasteiger partial charge is 0.435 e. The predicted molar refractivity (Wildman–Crippen MR) is 145 cm³/mol. The molecule has 2 N–H and O–H groups in total. The van der Waals surface area contributed by atoms with Gasteiger partial charge < -0.3 is 10.1 Å². The predicted octanol–water partition coefficient (Wildman–Crippen LogP) is 4.58. The third-order valence-electron chi connectivity index (χ3n) is 5.80. The van der Waals surface area contributed by atoms with E-state index in [1.54, 1.807) is 0 Å². The molecule has 0 aliphatic rings. The van der Waals surface area contributed by atoms with Gasteiger partial charge in [-0.25, -0.2) is 27.8 Å². The molecule has 0 fully saturated rings. The zero-order valence-electron chi connectivity index (χ0n) is 22.6. The summed E-state index contributed by atoms with van der Waals surface area (Å²) in [4.78, 5) is 25.7. The van der Waals surface area contributed by atoms with E-state index >= 15 is 0 Å². The Hall–Kier alpha value is -4.53. The number of anilines is 2. The van der Waals surface area contributed by atoms with Crippen molar-refractivity contribution in [3.8, 4) is 22.8 Å². The SMILES string of the molecule is COc1ncc(-c2cnc(Nc3cc(C)cc(C)c3)nc2-n2ccc(C(F)(F)F)n2)cc1C(=O)NS(=O)(=O)C(C)C. The molecule has 0 aliphatic carbocycles. The van der Waals surface area contributed by atoms with Crippen LogP contribution in [0.15, 0.2) is 48.9 Å². The molecule has 15 heteroatoms. The van der Waals surface area contributed by atoms with Gasteiger partial charge in [0.15, 0.2) is 11.5 Å². The third-order valence-corrected chi connectivity index (χ3v) is 7.51. The highest BCUT2D eigenvalue weighted by molar-refractivity contribution is 7.90. The maximum Gasteiger partial charge on any atom is 0.435 e. The van der Waals surface area contributed by atoms with Gasteiger partial charge in [-0.15, -0.1) is 0 Å². The van der Waals surface area contributed by atoms with Crippen LogP contribution in [-0.2, 0) is 16.2 Å². The van der Waals surface area contributed by atoms with Crippen LogP contribution in [0.4, 0.5) is 24.8 Å². The highest BCUT2D eigenvalue weighted by atomic mass is 32.2. The van der Waals surface area contributed by atoms with E-state index in [2.05, 4.69) is 25.4 Å². The lowest BCUT2D eigenvalue weighted by atomic mass is 10.1. The molecule has 0 bridgehead atoms. The van der Waals surface area contributed by atoms with Crippen molar-refractivity contribution in [2.24, 2.45) is 0 Å². The fourth-order valence-corrected chi connectivity index (χ4v) is 4.41. The van der Waals surface area contributed by atoms with Crippen LogP contribution in [0.1, 0.15) is 41.0 Å². The first-order valence-electron chi connectivity index (χ1n) is 12.1. The minimum atomic E-state index is -4.70. The maximum absolute atomic E-state index is 13.4. The van der Waals surface area contributed by atoms with E-state index in [-0.39, 0.29) is 34.3 Å². The van der Waals surface area contributed by atoms with E-state index in [0.29, 0.717) is 5.69 Å². The molecule has 0 saturated heterocycles. The van der Waals surface area contributed by atoms with Crippen molar-refractivity contribution in [3.63, 3.8) is 0 Å². The molecule has 4 aromatic rings. The van der Waals surface area contributed by atoms with Gasteiger partial charge in [-0.05, 0) is 63.1 Å². The number of methoxy groups -OCH3 is 1. The van der Waals surface area contributed by atoms with Gasteiger partial charge in [-0.2, -0.15) is 23.3 Å². The van der Waals surface area contributed by atoms with Crippen molar-refractivity contribution < 1.29 is 31.1 Å². The lowest BCUT2D eigenvalue weighted by molar-refractivity contribution is -0.141. The van der Waals surface area contributed by atoms with Crippen molar-refractivity contribution >= 4 is 27.6 Å². The Labute approximate surface area is 233 Å². The van der Waals surface area contributed by atoms with Crippen LogP contribution in [-0.4, -0.2) is 51.4 Å². The van der Waals surface area contributed by atoms with E-state index in [1.165, 1.54) is 39.4 Å². The number of pyridine rings is 1. The summed E-state index contributed by atoms with van der Waals surface area (Å²) in [5.74, 6) is -1.16. The number of sulfonamides is 1. The van der Waals surface area contributed by atoms with Crippen molar-refractivity contribution in [3.05, 3.63) is 71.3 Å². The largest absolute Gasteiger partial charge is 0.480 e. The second-order valence-electron chi connectivity index (χ2n) is 9.38. The van der Waals surface area contributed by atoms with Crippen LogP contribution < -0.4 is 14.8 Å². The molecule has 0 aliphatic heterocycles. The first-order chi connectivity index (χ1) is 19.2. The monoisotopic (exact) mass is 589 g/mol. The van der Waals surface area contributed by atoms with Crippen LogP contribution in [0.3, 0.4) is 0 Å². The number of nitrogens with zero attached hydrogens (tertiary/aromatic N) is 5. The highest BCUT2D eigenvalue weighted by Gasteiger charge is 2.34. The first kappa shape index (κ1) is 29.5. The number of aryl methyl sites for hydroxylation is 2. The van der Waals surface area contributed by atoms with Crippen LogP contribution in [0.5, 0.6) is 5.88 Å². The Bertz CT molecular complexity index is 1700. The summed E-state index contributed by atoms with van der Waals surface area (Å²) < 4.78 is 72.7. The van der Waals surface area contributed by atoms with Gasteiger partial charge in [0.05, 0.1) is 12.4 Å². The summed E-state index contributed by atoms with van der Waals surface area (Å²) >= 11 is 0. The number of carbonyl (C=O) groups excluding carboxylic acids is 1. The Kier molecular flexibility index (Phi) is 8.01. The van der Waals surface area contributed by atoms with Gasteiger partial charge in [0.25, 0.3) is 5.91 Å². The number of rotatable bonds is 8. The summed E-state index contributed by atoms with van der Waals surface area (Å²) in [6.07, 6.45) is -0.985. The van der Waals surface area contributed by atoms with Crippen LogP contribution >= 0.6 is 0 Å². The molecular formula is C26H26F3N7O4S. The Morgan fingerprint density at radius 3 is 2.32 bits per heavy atom. The van der Waals surface area contributed by atoms with Crippen molar-refractivity contribution in [1.82, 2.24) is 29.5 Å². The van der Waals surface area contributed by atoms with Crippen molar-refractivity contribution in [2.75, 3.05) is 12.4 Å². The summed E-state index contributed by atoms with van der Waals surface area (Å²) in [5, 5.41) is 5.79. The molecule has 1 aromatic carbocycles. The zero-order chi connectivity index (χ0) is 30.1. The summed E-state index contributed by atoms with van der Waals surface area (Å²) in [7, 11) is -2.74. The number of alkyl halides is 3. The van der Waals surface area contributed by atoms with E-state index in [9.17, 15) is 26.4 Å². The molecule has 216 valence electrons. The van der Waals surface area contributed by atoms with Crippen LogP contribution in [0, 0.1) is 13.8 Å². The molecule has 0 radical (unpaired) electrons. The minimum absolute atomic E-state index is 0.0597. The van der Waals surface area contributed by atoms with Gasteiger partial charge >= 0.3 is 6.18 Å². The van der Waals surface area contributed by atoms with Crippen molar-refractivity contribution in [1.29, 1.82) is 0 Å². The third kappa shape index (κ3) is 6.62. The van der Waals surface area contributed by atoms with Crippen molar-refractivity contribution in [2.45, 2.75) is 39.1 Å². The first-order valence-corrected chi connectivity index (χ1v) is 13.7. The number of hydrogen-bond donors (Lipinski definition) is 2. The average Bonchev–Trinajstić information content (AvgIpc) is 3.38. The number of aromatic nitrogens is 5. The van der Waals surface area contributed by atoms with E-state index in [0.717, 1.165) is 28.1 Å². The van der Waals surface area contributed by atoms with E-state index in [4.69, 9.17) is 4.74 Å². The van der Waals surface area contributed by atoms with Gasteiger partial charge in [0, 0.05) is 35.4 Å². The van der Waals surface area contributed by atoms with E-state index < -0.39 is 33.1 Å². The number of amides is 1. The molecule has 0 spiro atoms.